The van der Waals surface area contributed by atoms with E-state index in [4.69, 9.17) is 11.5 Å². The summed E-state index contributed by atoms with van der Waals surface area (Å²) in [5.74, 6) is -0.428. The second-order valence-corrected chi connectivity index (χ2v) is 5.37. The average Bonchev–Trinajstić information content (AvgIpc) is 2.28. The summed E-state index contributed by atoms with van der Waals surface area (Å²) in [6.45, 7) is 3.25. The predicted octanol–water partition coefficient (Wildman–Crippen LogP) is 0.620. The van der Waals surface area contributed by atoms with E-state index in [0.29, 0.717) is 19.5 Å². The van der Waals surface area contributed by atoms with Gasteiger partial charge in [0.25, 0.3) is 0 Å². The van der Waals surface area contributed by atoms with Gasteiger partial charge in [-0.2, -0.15) is 0 Å². The summed E-state index contributed by atoms with van der Waals surface area (Å²) in [6.07, 6.45) is 5.54. The van der Waals surface area contributed by atoms with Crippen molar-refractivity contribution in [3.63, 3.8) is 0 Å². The maximum absolute atomic E-state index is 12.2. The van der Waals surface area contributed by atoms with Crippen molar-refractivity contribution in [2.45, 2.75) is 45.4 Å². The Labute approximate surface area is 109 Å². The highest BCUT2D eigenvalue weighted by Crippen LogP contribution is 2.43. The zero-order valence-corrected chi connectivity index (χ0v) is 11.3. The van der Waals surface area contributed by atoms with Crippen LogP contribution in [0.25, 0.3) is 0 Å². The standard InChI is InChI=1S/C13H25N3O2/c1-2-3-7-16(9-11(15)17)12(18)8-13(10-14)5-4-6-13/h2-10,14H2,1H3,(H2,15,17). The van der Waals surface area contributed by atoms with Gasteiger partial charge in [0.2, 0.25) is 11.8 Å². The molecule has 0 saturated heterocycles. The first-order valence-electron chi connectivity index (χ1n) is 6.79. The summed E-state index contributed by atoms with van der Waals surface area (Å²) in [5, 5.41) is 0. The fourth-order valence-corrected chi connectivity index (χ4v) is 2.39. The molecular formula is C13H25N3O2. The van der Waals surface area contributed by atoms with E-state index in [1.807, 2.05) is 0 Å². The van der Waals surface area contributed by atoms with E-state index in [0.717, 1.165) is 32.1 Å². The Kier molecular flexibility index (Phi) is 5.59. The molecule has 1 aliphatic carbocycles. The van der Waals surface area contributed by atoms with Crippen molar-refractivity contribution in [3.8, 4) is 0 Å². The quantitative estimate of drug-likeness (QED) is 0.666. The van der Waals surface area contributed by atoms with Crippen LogP contribution in [0.2, 0.25) is 0 Å². The maximum atomic E-state index is 12.2. The third-order valence-electron chi connectivity index (χ3n) is 3.85. The molecule has 1 rings (SSSR count). The highest BCUT2D eigenvalue weighted by atomic mass is 16.2. The first-order chi connectivity index (χ1) is 8.53. The van der Waals surface area contributed by atoms with Crippen LogP contribution in [-0.2, 0) is 9.59 Å². The summed E-state index contributed by atoms with van der Waals surface area (Å²) in [4.78, 5) is 24.8. The van der Waals surface area contributed by atoms with E-state index >= 15 is 0 Å². The van der Waals surface area contributed by atoms with E-state index in [2.05, 4.69) is 6.92 Å². The third kappa shape index (κ3) is 3.98. The van der Waals surface area contributed by atoms with E-state index in [9.17, 15) is 9.59 Å². The fourth-order valence-electron chi connectivity index (χ4n) is 2.39. The number of nitrogens with zero attached hydrogens (tertiary/aromatic N) is 1. The number of carbonyl (C=O) groups is 2. The van der Waals surface area contributed by atoms with Gasteiger partial charge < -0.3 is 16.4 Å². The first-order valence-corrected chi connectivity index (χ1v) is 6.79. The molecule has 1 saturated carbocycles. The Morgan fingerprint density at radius 3 is 2.39 bits per heavy atom. The minimum absolute atomic E-state index is 0.0147. The lowest BCUT2D eigenvalue weighted by atomic mass is 9.66. The molecule has 2 amide bonds. The summed E-state index contributed by atoms with van der Waals surface area (Å²) >= 11 is 0. The van der Waals surface area contributed by atoms with Gasteiger partial charge in [0.1, 0.15) is 0 Å². The van der Waals surface area contributed by atoms with Crippen molar-refractivity contribution in [3.05, 3.63) is 0 Å². The molecule has 0 bridgehead atoms. The molecule has 0 atom stereocenters. The lowest BCUT2D eigenvalue weighted by molar-refractivity contribution is -0.138. The molecule has 5 heteroatoms. The van der Waals surface area contributed by atoms with Gasteiger partial charge in [0, 0.05) is 13.0 Å². The maximum Gasteiger partial charge on any atom is 0.237 e. The topological polar surface area (TPSA) is 89.4 Å². The van der Waals surface area contributed by atoms with Gasteiger partial charge in [-0.05, 0) is 31.2 Å². The fraction of sp³-hybridized carbons (Fsp3) is 0.846. The molecule has 0 aromatic heterocycles. The van der Waals surface area contributed by atoms with E-state index in [-0.39, 0.29) is 17.9 Å². The van der Waals surface area contributed by atoms with Gasteiger partial charge >= 0.3 is 0 Å². The highest BCUT2D eigenvalue weighted by molar-refractivity contribution is 5.84. The SMILES string of the molecule is CCCCN(CC(N)=O)C(=O)CC1(CN)CCC1. The monoisotopic (exact) mass is 255 g/mol. The smallest absolute Gasteiger partial charge is 0.237 e. The van der Waals surface area contributed by atoms with Crippen molar-refractivity contribution in [1.82, 2.24) is 4.90 Å². The molecule has 0 aromatic rings. The average molecular weight is 255 g/mol. The molecular weight excluding hydrogens is 230 g/mol. The van der Waals surface area contributed by atoms with Crippen LogP contribution in [0, 0.1) is 5.41 Å². The molecule has 0 spiro atoms. The van der Waals surface area contributed by atoms with Crippen molar-refractivity contribution in [2.75, 3.05) is 19.6 Å². The Bertz CT molecular complexity index is 295. The number of carbonyl (C=O) groups excluding carboxylic acids is 2. The number of amides is 2. The molecule has 1 aliphatic rings. The van der Waals surface area contributed by atoms with Crippen LogP contribution in [0.1, 0.15) is 45.4 Å². The molecule has 0 heterocycles. The summed E-state index contributed by atoms with van der Waals surface area (Å²) < 4.78 is 0. The van der Waals surface area contributed by atoms with Crippen molar-refractivity contribution >= 4 is 11.8 Å². The van der Waals surface area contributed by atoms with Gasteiger partial charge in [-0.3, -0.25) is 9.59 Å². The number of rotatable bonds is 8. The molecule has 1 fully saturated rings. The van der Waals surface area contributed by atoms with Gasteiger partial charge in [0.05, 0.1) is 6.54 Å². The minimum atomic E-state index is -0.449. The summed E-state index contributed by atoms with van der Waals surface area (Å²) in [5.41, 5.74) is 10.9. The summed E-state index contributed by atoms with van der Waals surface area (Å²) in [6, 6.07) is 0. The largest absolute Gasteiger partial charge is 0.368 e. The van der Waals surface area contributed by atoms with Crippen LogP contribution in [0.4, 0.5) is 0 Å². The molecule has 18 heavy (non-hydrogen) atoms. The lowest BCUT2D eigenvalue weighted by Crippen LogP contribution is -2.45. The normalized spacial score (nSPS) is 17.0. The molecule has 0 aromatic carbocycles. The number of nitrogens with two attached hydrogens (primary N) is 2. The molecule has 0 radical (unpaired) electrons. The molecule has 104 valence electrons. The number of primary amides is 1. The second-order valence-electron chi connectivity index (χ2n) is 5.37. The number of hydrogen-bond acceptors (Lipinski definition) is 3. The van der Waals surface area contributed by atoms with Crippen molar-refractivity contribution in [1.29, 1.82) is 0 Å². The summed E-state index contributed by atoms with van der Waals surface area (Å²) in [7, 11) is 0. The minimum Gasteiger partial charge on any atom is -0.368 e. The van der Waals surface area contributed by atoms with Gasteiger partial charge in [0.15, 0.2) is 0 Å². The van der Waals surface area contributed by atoms with Crippen LogP contribution in [0.3, 0.4) is 0 Å². The number of unbranched alkanes of at least 4 members (excludes halogenated alkanes) is 1. The van der Waals surface area contributed by atoms with Crippen LogP contribution in [0.15, 0.2) is 0 Å². The first kappa shape index (κ1) is 15.0. The van der Waals surface area contributed by atoms with Crippen LogP contribution in [-0.4, -0.2) is 36.3 Å². The second kappa shape index (κ2) is 6.73. The zero-order valence-electron chi connectivity index (χ0n) is 11.3. The highest BCUT2D eigenvalue weighted by Gasteiger charge is 2.38. The zero-order chi connectivity index (χ0) is 13.6. The lowest BCUT2D eigenvalue weighted by Gasteiger charge is -2.41. The van der Waals surface area contributed by atoms with E-state index in [1.165, 1.54) is 0 Å². The van der Waals surface area contributed by atoms with Crippen LogP contribution >= 0.6 is 0 Å². The van der Waals surface area contributed by atoms with E-state index < -0.39 is 5.91 Å². The van der Waals surface area contributed by atoms with Crippen molar-refractivity contribution in [2.24, 2.45) is 16.9 Å². The molecule has 0 aliphatic heterocycles. The Morgan fingerprint density at radius 2 is 2.00 bits per heavy atom. The van der Waals surface area contributed by atoms with Crippen LogP contribution in [0.5, 0.6) is 0 Å². The Balaban J connectivity index is 2.54. The number of hydrogen-bond donors (Lipinski definition) is 2. The Hall–Kier alpha value is -1.10. The Morgan fingerprint density at radius 1 is 1.33 bits per heavy atom. The third-order valence-corrected chi connectivity index (χ3v) is 3.85. The predicted molar refractivity (Wildman–Crippen MR) is 70.6 cm³/mol. The van der Waals surface area contributed by atoms with Crippen LogP contribution < -0.4 is 11.5 Å². The molecule has 0 unspecified atom stereocenters. The molecule has 5 nitrogen and oxygen atoms in total. The van der Waals surface area contributed by atoms with Gasteiger partial charge in [-0.25, -0.2) is 0 Å². The van der Waals surface area contributed by atoms with Crippen molar-refractivity contribution < 1.29 is 9.59 Å². The van der Waals surface area contributed by atoms with Gasteiger partial charge in [-0.1, -0.05) is 19.8 Å². The van der Waals surface area contributed by atoms with E-state index in [1.54, 1.807) is 4.90 Å². The van der Waals surface area contributed by atoms with Gasteiger partial charge in [-0.15, -0.1) is 0 Å². The molecule has 4 N–H and O–H groups in total.